The standard InChI is InChI=1S/C41H38O5/c1-3-8-25-16-33-21-29-12-5-10-27(37(29)42)20-28-11-6-13-30(38(28)43)22-34-17-26(9-4-2)19-36(41(34)46)24-32-15-7-14-31(39(32)44)23-35(18-25)40(33)45/h3-7,10-19,42-46H,1-2,8-9,20-24H2. The Balaban J connectivity index is 1.57. The Kier molecular flexibility index (Phi) is 8.58. The summed E-state index contributed by atoms with van der Waals surface area (Å²) in [4.78, 5) is 0. The highest BCUT2D eigenvalue weighted by Crippen LogP contribution is 2.38. The molecule has 0 saturated carbocycles. The molecule has 5 aromatic carbocycles. The van der Waals surface area contributed by atoms with E-state index in [1.54, 1.807) is 0 Å². The molecule has 0 radical (unpaired) electrons. The van der Waals surface area contributed by atoms with Gasteiger partial charge in [0.1, 0.15) is 28.7 Å². The second-order valence-electron chi connectivity index (χ2n) is 12.2. The Morgan fingerprint density at radius 1 is 0.391 bits per heavy atom. The van der Waals surface area contributed by atoms with Gasteiger partial charge in [0.25, 0.3) is 0 Å². The largest absolute Gasteiger partial charge is 0.507 e. The van der Waals surface area contributed by atoms with Crippen LogP contribution >= 0.6 is 0 Å². The van der Waals surface area contributed by atoms with Gasteiger partial charge in [-0.15, -0.1) is 13.2 Å². The summed E-state index contributed by atoms with van der Waals surface area (Å²) in [6, 6.07) is 24.4. The molecule has 1 aliphatic rings. The van der Waals surface area contributed by atoms with Crippen molar-refractivity contribution >= 4 is 0 Å². The van der Waals surface area contributed by atoms with E-state index in [1.165, 1.54) is 0 Å². The number of allylic oxidation sites excluding steroid dienone is 2. The van der Waals surface area contributed by atoms with E-state index in [-0.39, 0.29) is 41.6 Å². The molecule has 0 atom stereocenters. The Bertz CT molecular complexity index is 1830. The number of phenols is 5. The molecule has 0 unspecified atom stereocenters. The Morgan fingerprint density at radius 2 is 0.609 bits per heavy atom. The van der Waals surface area contributed by atoms with Gasteiger partial charge >= 0.3 is 0 Å². The van der Waals surface area contributed by atoms with E-state index in [0.29, 0.717) is 87.7 Å². The monoisotopic (exact) mass is 610 g/mol. The van der Waals surface area contributed by atoms with Crippen LogP contribution in [-0.4, -0.2) is 25.5 Å². The second kappa shape index (κ2) is 12.9. The summed E-state index contributed by atoms with van der Waals surface area (Å²) in [5.41, 5.74) is 8.48. The van der Waals surface area contributed by atoms with Crippen LogP contribution < -0.4 is 0 Å². The van der Waals surface area contributed by atoms with Gasteiger partial charge in [0.05, 0.1) is 0 Å². The minimum Gasteiger partial charge on any atom is -0.507 e. The van der Waals surface area contributed by atoms with Crippen molar-refractivity contribution in [3.63, 3.8) is 0 Å². The van der Waals surface area contributed by atoms with Crippen LogP contribution in [-0.2, 0) is 44.9 Å². The lowest BCUT2D eigenvalue weighted by atomic mass is 9.89. The summed E-state index contributed by atoms with van der Waals surface area (Å²) in [5.74, 6) is 0.559. The topological polar surface area (TPSA) is 101 Å². The maximum absolute atomic E-state index is 11.5. The van der Waals surface area contributed by atoms with E-state index in [0.717, 1.165) is 11.1 Å². The third-order valence-corrected chi connectivity index (χ3v) is 8.93. The molecule has 0 aromatic heterocycles. The second-order valence-corrected chi connectivity index (χ2v) is 12.2. The fourth-order valence-corrected chi connectivity index (χ4v) is 6.59. The average Bonchev–Trinajstić information content (AvgIpc) is 3.03. The molecule has 1 aliphatic carbocycles. The molecule has 10 bridgehead atoms. The van der Waals surface area contributed by atoms with Crippen LogP contribution in [0.1, 0.15) is 66.8 Å². The molecular formula is C41H38O5. The summed E-state index contributed by atoms with van der Waals surface area (Å²) in [6.07, 6.45) is 6.27. The molecule has 0 aliphatic heterocycles. The van der Waals surface area contributed by atoms with E-state index < -0.39 is 0 Å². The van der Waals surface area contributed by atoms with Gasteiger partial charge in [0.15, 0.2) is 0 Å². The predicted molar refractivity (Wildman–Crippen MR) is 182 cm³/mol. The van der Waals surface area contributed by atoms with Gasteiger partial charge in [0, 0.05) is 32.1 Å². The van der Waals surface area contributed by atoms with Crippen LogP contribution in [0.5, 0.6) is 28.7 Å². The minimum absolute atomic E-state index is 0.109. The van der Waals surface area contributed by atoms with Crippen molar-refractivity contribution in [3.05, 3.63) is 171 Å². The van der Waals surface area contributed by atoms with E-state index >= 15 is 0 Å². The van der Waals surface area contributed by atoms with Crippen molar-refractivity contribution in [2.75, 3.05) is 0 Å². The molecule has 232 valence electrons. The quantitative estimate of drug-likeness (QED) is 0.131. The smallest absolute Gasteiger partial charge is 0.122 e. The Morgan fingerprint density at radius 3 is 0.848 bits per heavy atom. The Labute approximate surface area is 269 Å². The van der Waals surface area contributed by atoms with Crippen LogP contribution in [0.3, 0.4) is 0 Å². The average molecular weight is 611 g/mol. The third-order valence-electron chi connectivity index (χ3n) is 8.93. The van der Waals surface area contributed by atoms with Gasteiger partial charge in [-0.25, -0.2) is 0 Å². The number of rotatable bonds is 4. The van der Waals surface area contributed by atoms with Crippen molar-refractivity contribution < 1.29 is 25.5 Å². The molecule has 5 heteroatoms. The van der Waals surface area contributed by atoms with Gasteiger partial charge in [-0.05, 0) is 79.6 Å². The third kappa shape index (κ3) is 6.09. The maximum Gasteiger partial charge on any atom is 0.122 e. The fraction of sp³-hybridized carbons (Fsp3) is 0.171. The maximum atomic E-state index is 11.5. The van der Waals surface area contributed by atoms with E-state index in [4.69, 9.17) is 0 Å². The first-order valence-corrected chi connectivity index (χ1v) is 15.5. The zero-order valence-corrected chi connectivity index (χ0v) is 25.8. The van der Waals surface area contributed by atoms with Gasteiger partial charge in [-0.1, -0.05) is 91.0 Å². The zero-order valence-electron chi connectivity index (χ0n) is 25.8. The molecular weight excluding hydrogens is 572 g/mol. The minimum atomic E-state index is 0.109. The summed E-state index contributed by atoms with van der Waals surface area (Å²) in [6.45, 7) is 7.78. The van der Waals surface area contributed by atoms with Crippen molar-refractivity contribution in [2.45, 2.75) is 44.9 Å². The number of para-hydroxylation sites is 3. The van der Waals surface area contributed by atoms with Crippen molar-refractivity contribution in [3.8, 4) is 28.7 Å². The fourth-order valence-electron chi connectivity index (χ4n) is 6.59. The molecule has 0 amide bonds. The van der Waals surface area contributed by atoms with Crippen LogP contribution in [0.2, 0.25) is 0 Å². The molecule has 0 spiro atoms. The number of fused-ring (bicyclic) bond motifs is 10. The lowest BCUT2D eigenvalue weighted by Crippen LogP contribution is -2.02. The zero-order chi connectivity index (χ0) is 32.4. The first kappa shape index (κ1) is 30.6. The van der Waals surface area contributed by atoms with Gasteiger partial charge in [-0.3, -0.25) is 0 Å². The highest BCUT2D eigenvalue weighted by molar-refractivity contribution is 5.56. The summed E-state index contributed by atoms with van der Waals surface area (Å²) in [5, 5.41) is 57.4. The number of benzene rings is 5. The van der Waals surface area contributed by atoms with E-state index in [9.17, 15) is 25.5 Å². The van der Waals surface area contributed by atoms with Crippen LogP contribution in [0.25, 0.3) is 0 Å². The number of aromatic hydroxyl groups is 5. The number of phenolic OH excluding ortho intramolecular Hbond substituents is 5. The predicted octanol–water partition coefficient (Wildman–Crippen LogP) is 7.94. The molecule has 5 N–H and O–H groups in total. The Hall–Kier alpha value is -5.42. The van der Waals surface area contributed by atoms with E-state index in [2.05, 4.69) is 13.2 Å². The first-order valence-electron chi connectivity index (χ1n) is 15.5. The summed E-state index contributed by atoms with van der Waals surface area (Å²) < 4.78 is 0. The number of hydrogen-bond acceptors (Lipinski definition) is 5. The summed E-state index contributed by atoms with van der Waals surface area (Å²) >= 11 is 0. The summed E-state index contributed by atoms with van der Waals surface area (Å²) in [7, 11) is 0. The van der Waals surface area contributed by atoms with Crippen molar-refractivity contribution in [2.24, 2.45) is 0 Å². The molecule has 5 aromatic rings. The molecule has 6 rings (SSSR count). The molecule has 46 heavy (non-hydrogen) atoms. The van der Waals surface area contributed by atoms with Crippen molar-refractivity contribution in [1.29, 1.82) is 0 Å². The molecule has 5 nitrogen and oxygen atoms in total. The van der Waals surface area contributed by atoms with Crippen LogP contribution in [0.4, 0.5) is 0 Å². The van der Waals surface area contributed by atoms with Crippen LogP contribution in [0, 0.1) is 0 Å². The normalized spacial score (nSPS) is 12.7. The molecule has 0 heterocycles. The van der Waals surface area contributed by atoms with Crippen molar-refractivity contribution in [1.82, 2.24) is 0 Å². The van der Waals surface area contributed by atoms with E-state index in [1.807, 2.05) is 91.0 Å². The highest BCUT2D eigenvalue weighted by Gasteiger charge is 2.20. The lowest BCUT2D eigenvalue weighted by molar-refractivity contribution is 0.451. The SMILES string of the molecule is C=CCc1cc2c(O)c(c1)Cc1cccc(c1O)Cc1cc(CC=C)cc(c1O)Cc1cccc(c1O)Cc1cccc(c1O)C2. The first-order chi connectivity index (χ1) is 22.2. The van der Waals surface area contributed by atoms with Gasteiger partial charge in [-0.2, -0.15) is 0 Å². The highest BCUT2D eigenvalue weighted by atomic mass is 16.3. The van der Waals surface area contributed by atoms with Gasteiger partial charge < -0.3 is 25.5 Å². The molecule has 0 saturated heterocycles. The lowest BCUT2D eigenvalue weighted by Gasteiger charge is -2.18. The number of hydrogen-bond donors (Lipinski definition) is 5. The van der Waals surface area contributed by atoms with Gasteiger partial charge in [0.2, 0.25) is 0 Å². The molecule has 0 fully saturated rings. The van der Waals surface area contributed by atoms with Crippen LogP contribution in [0.15, 0.2) is 104 Å².